The minimum Gasteiger partial charge on any atom is -0.511 e. The van der Waals surface area contributed by atoms with Gasteiger partial charge in [-0.2, -0.15) is 8.42 Å². The lowest BCUT2D eigenvalue weighted by Gasteiger charge is -2.44. The van der Waals surface area contributed by atoms with Crippen LogP contribution in [-0.4, -0.2) is 56.6 Å². The van der Waals surface area contributed by atoms with Crippen LogP contribution in [0.3, 0.4) is 0 Å². The molecule has 4 atom stereocenters. The zero-order chi connectivity index (χ0) is 27.9. The first kappa shape index (κ1) is 26.5. The Morgan fingerprint density at radius 2 is 2.00 bits per heavy atom. The molecular formula is C26H28FN3O6S3. The summed E-state index contributed by atoms with van der Waals surface area (Å²) in [6.45, 7) is 1.85. The fourth-order valence-corrected chi connectivity index (χ4v) is 9.94. The fraction of sp³-hybridized carbons (Fsp3) is 0.462. The van der Waals surface area contributed by atoms with Gasteiger partial charge in [-0.15, -0.1) is 15.7 Å². The van der Waals surface area contributed by atoms with Gasteiger partial charge in [0.1, 0.15) is 36.9 Å². The number of thiophene rings is 1. The van der Waals surface area contributed by atoms with Gasteiger partial charge < -0.3 is 15.3 Å². The van der Waals surface area contributed by atoms with Crippen molar-refractivity contribution < 1.29 is 31.1 Å². The lowest BCUT2D eigenvalue weighted by molar-refractivity contribution is -0.134. The van der Waals surface area contributed by atoms with Gasteiger partial charge in [0.2, 0.25) is 0 Å². The summed E-state index contributed by atoms with van der Waals surface area (Å²) >= 11 is 1.08. The number of benzene rings is 1. The van der Waals surface area contributed by atoms with Gasteiger partial charge in [-0.25, -0.2) is 12.8 Å². The van der Waals surface area contributed by atoms with Crippen molar-refractivity contribution in [2.45, 2.75) is 50.1 Å². The van der Waals surface area contributed by atoms with Gasteiger partial charge in [0.25, 0.3) is 15.9 Å². The lowest BCUT2D eigenvalue weighted by atomic mass is 9.77. The summed E-state index contributed by atoms with van der Waals surface area (Å²) in [7, 11) is -7.59. The first-order chi connectivity index (χ1) is 18.3. The van der Waals surface area contributed by atoms with Crippen molar-refractivity contribution in [1.29, 1.82) is 0 Å². The number of hydrogen-bond donors (Lipinski definition) is 2. The van der Waals surface area contributed by atoms with Crippen molar-refractivity contribution in [3.63, 3.8) is 0 Å². The average Bonchev–Trinajstić information content (AvgIpc) is 3.57. The molecule has 2 aliphatic heterocycles. The molecule has 2 fully saturated rings. The Hall–Kier alpha value is -2.77. The predicted octanol–water partition coefficient (Wildman–Crippen LogP) is 3.56. The molecule has 2 N–H and O–H groups in total. The van der Waals surface area contributed by atoms with E-state index in [0.717, 1.165) is 42.4 Å². The molecule has 3 heterocycles. The fourth-order valence-electron chi connectivity index (χ4n) is 6.68. The summed E-state index contributed by atoms with van der Waals surface area (Å²) in [6.07, 6.45) is 3.83. The molecule has 6 rings (SSSR count). The Morgan fingerprint density at radius 3 is 2.72 bits per heavy atom. The van der Waals surface area contributed by atoms with E-state index in [9.17, 15) is 31.1 Å². The predicted molar refractivity (Wildman–Crippen MR) is 145 cm³/mol. The van der Waals surface area contributed by atoms with Gasteiger partial charge >= 0.3 is 0 Å². The summed E-state index contributed by atoms with van der Waals surface area (Å²) < 4.78 is 67.7. The highest BCUT2D eigenvalue weighted by molar-refractivity contribution is 7.91. The Labute approximate surface area is 230 Å². The second kappa shape index (κ2) is 9.13. The van der Waals surface area contributed by atoms with Gasteiger partial charge in [-0.3, -0.25) is 4.79 Å². The van der Waals surface area contributed by atoms with Crippen molar-refractivity contribution in [3.05, 3.63) is 57.4 Å². The Balaban J connectivity index is 1.39. The number of anilines is 1. The van der Waals surface area contributed by atoms with E-state index in [0.29, 0.717) is 11.1 Å². The number of amidine groups is 1. The van der Waals surface area contributed by atoms with Crippen LogP contribution < -0.4 is 5.32 Å². The Bertz CT molecular complexity index is 1680. The number of aliphatic hydroxyl groups is 1. The van der Waals surface area contributed by atoms with Crippen LogP contribution in [0.4, 0.5) is 9.39 Å². The molecule has 2 aromatic rings. The number of nitrogens with zero attached hydrogens (tertiary/aromatic N) is 2. The molecule has 39 heavy (non-hydrogen) atoms. The van der Waals surface area contributed by atoms with E-state index >= 15 is 0 Å². The second-order valence-electron chi connectivity index (χ2n) is 11.0. The van der Waals surface area contributed by atoms with Crippen molar-refractivity contribution in [3.8, 4) is 0 Å². The first-order valence-corrected chi connectivity index (χ1v) is 17.1. The van der Waals surface area contributed by atoms with Crippen LogP contribution in [0.1, 0.15) is 36.0 Å². The van der Waals surface area contributed by atoms with Crippen LogP contribution in [0, 0.1) is 30.5 Å². The van der Waals surface area contributed by atoms with Gasteiger partial charge in [0, 0.05) is 24.8 Å². The molecule has 0 saturated heterocycles. The van der Waals surface area contributed by atoms with Crippen molar-refractivity contribution >= 4 is 47.9 Å². The van der Waals surface area contributed by atoms with E-state index in [-0.39, 0.29) is 75.4 Å². The van der Waals surface area contributed by atoms with Gasteiger partial charge in [-0.1, -0.05) is 12.1 Å². The number of rotatable bonds is 6. The zero-order valence-corrected chi connectivity index (χ0v) is 23.8. The molecular weight excluding hydrogens is 566 g/mol. The number of nitrogens with one attached hydrogen (secondary N) is 1. The van der Waals surface area contributed by atoms with Gasteiger partial charge in [0.15, 0.2) is 5.84 Å². The Morgan fingerprint density at radius 1 is 1.26 bits per heavy atom. The number of carbonyl (C=O) groups is 1. The number of fused-ring (bicyclic) bond motifs is 6. The maximum absolute atomic E-state index is 14.0. The highest BCUT2D eigenvalue weighted by atomic mass is 32.2. The summed E-state index contributed by atoms with van der Waals surface area (Å²) in [4.78, 5) is 15.6. The molecule has 2 unspecified atom stereocenters. The maximum atomic E-state index is 14.0. The second-order valence-corrected chi connectivity index (χ2v) is 15.6. The molecule has 9 nitrogen and oxygen atoms in total. The van der Waals surface area contributed by atoms with Crippen LogP contribution in [0.5, 0.6) is 0 Å². The highest BCUT2D eigenvalue weighted by Gasteiger charge is 2.57. The molecule has 1 aromatic heterocycles. The van der Waals surface area contributed by atoms with E-state index in [2.05, 4.69) is 9.71 Å². The SMILES string of the molecule is Cc1cc(CN2C(=O)C(C3=NS(=O)(=O)c4c(CCS(C)(=O)=O)csc4N3)=C(O)C3C2[C@@H]2CC[C@H]3C2)ccc1F. The molecule has 1 amide bonds. The Kier molecular flexibility index (Phi) is 6.19. The maximum Gasteiger partial charge on any atom is 0.287 e. The summed E-state index contributed by atoms with van der Waals surface area (Å²) in [5.74, 6) is -1.39. The van der Waals surface area contributed by atoms with Gasteiger partial charge in [-0.05, 0) is 72.6 Å². The quantitative estimate of drug-likeness (QED) is 0.523. The van der Waals surface area contributed by atoms with E-state index in [4.69, 9.17) is 0 Å². The number of sulfonamides is 1. The molecule has 1 aromatic carbocycles. The number of hydrogen-bond acceptors (Lipinski definition) is 8. The minimum atomic E-state index is -4.28. The first-order valence-electron chi connectivity index (χ1n) is 12.7. The third-order valence-corrected chi connectivity index (χ3v) is 11.8. The van der Waals surface area contributed by atoms with Crippen LogP contribution in [0.2, 0.25) is 0 Å². The van der Waals surface area contributed by atoms with E-state index in [1.165, 1.54) is 6.07 Å². The van der Waals surface area contributed by atoms with Crippen molar-refractivity contribution in [2.24, 2.45) is 22.2 Å². The number of sulfone groups is 1. The number of halogens is 1. The topological polar surface area (TPSA) is 133 Å². The van der Waals surface area contributed by atoms with Crippen LogP contribution in [0.15, 0.2) is 44.2 Å². The van der Waals surface area contributed by atoms with Crippen molar-refractivity contribution in [2.75, 3.05) is 17.3 Å². The molecule has 4 aliphatic rings. The molecule has 2 bridgehead atoms. The number of carbonyl (C=O) groups excluding carboxylic acids is 1. The largest absolute Gasteiger partial charge is 0.511 e. The van der Waals surface area contributed by atoms with E-state index in [1.807, 2.05) is 0 Å². The lowest BCUT2D eigenvalue weighted by Crippen LogP contribution is -2.53. The summed E-state index contributed by atoms with van der Waals surface area (Å²) in [5.41, 5.74) is 1.38. The number of amides is 1. The molecule has 0 radical (unpaired) electrons. The number of aryl methyl sites for hydroxylation is 2. The standard InChI is InChI=1S/C26H28FN3O6S3/c1-13-9-14(3-6-18(13)27)11-30-21-16-5-4-15(10-16)19(21)22(31)20(26(30)32)24-28-25-23(39(35,36)29-24)17(12-37-25)7-8-38(2,33)34/h3,6,9,12,15-16,19,21,31H,4-5,7-8,10-11H2,1-2H3,(H,28,29)/t15-,16+,19?,21?/m0/s1. The molecule has 2 saturated carbocycles. The highest BCUT2D eigenvalue weighted by Crippen LogP contribution is 2.55. The van der Waals surface area contributed by atoms with Gasteiger partial charge in [0.05, 0.1) is 5.75 Å². The van der Waals surface area contributed by atoms with E-state index < -0.39 is 25.8 Å². The molecule has 0 spiro atoms. The van der Waals surface area contributed by atoms with Crippen LogP contribution in [-0.2, 0) is 37.6 Å². The average molecular weight is 594 g/mol. The van der Waals surface area contributed by atoms with Crippen molar-refractivity contribution in [1.82, 2.24) is 4.90 Å². The minimum absolute atomic E-state index is 0.0149. The molecule has 13 heteroatoms. The third-order valence-electron chi connectivity index (χ3n) is 8.35. The van der Waals surface area contributed by atoms with Crippen LogP contribution in [0.25, 0.3) is 0 Å². The normalized spacial score (nSPS) is 27.3. The number of aliphatic hydroxyl groups excluding tert-OH is 1. The summed E-state index contributed by atoms with van der Waals surface area (Å²) in [5, 5.41) is 16.2. The molecule has 208 valence electrons. The zero-order valence-electron chi connectivity index (χ0n) is 21.3. The van der Waals surface area contributed by atoms with Crippen LogP contribution >= 0.6 is 11.3 Å². The smallest absolute Gasteiger partial charge is 0.287 e. The third kappa shape index (κ3) is 4.48. The summed E-state index contributed by atoms with van der Waals surface area (Å²) in [6, 6.07) is 4.46. The van der Waals surface area contributed by atoms with E-state index in [1.54, 1.807) is 29.3 Å². The molecule has 2 aliphatic carbocycles. The monoisotopic (exact) mass is 593 g/mol.